The van der Waals surface area contributed by atoms with Gasteiger partial charge < -0.3 is 19.6 Å². The van der Waals surface area contributed by atoms with Crippen LogP contribution < -0.4 is 15.6 Å². The van der Waals surface area contributed by atoms with E-state index in [2.05, 4.69) is 17.2 Å². The fourth-order valence-electron chi connectivity index (χ4n) is 5.03. The number of ether oxygens (including phenoxy) is 1. The Morgan fingerprint density at radius 1 is 1.15 bits per heavy atom. The zero-order valence-electron chi connectivity index (χ0n) is 24.2. The molecule has 11 nitrogen and oxygen atoms in total. The summed E-state index contributed by atoms with van der Waals surface area (Å²) >= 11 is 0. The summed E-state index contributed by atoms with van der Waals surface area (Å²) < 4.78 is 36.3. The molecule has 0 unspecified atom stereocenters. The number of rotatable bonds is 9. The molecule has 0 saturated carbocycles. The van der Waals surface area contributed by atoms with E-state index in [0.717, 1.165) is 18.4 Å². The number of aryl methyl sites for hydroxylation is 2. The van der Waals surface area contributed by atoms with Crippen LogP contribution in [0.1, 0.15) is 46.6 Å². The summed E-state index contributed by atoms with van der Waals surface area (Å²) in [4.78, 5) is 35.1. The van der Waals surface area contributed by atoms with Gasteiger partial charge in [0.15, 0.2) is 0 Å². The van der Waals surface area contributed by atoms with Crippen LogP contribution in [0.15, 0.2) is 34.1 Å². The lowest BCUT2D eigenvalue weighted by atomic mass is 10.1. The fourth-order valence-corrected chi connectivity index (χ4v) is 6.48. The van der Waals surface area contributed by atoms with Crippen LogP contribution in [0.25, 0.3) is 22.4 Å². The Morgan fingerprint density at radius 2 is 1.85 bits per heavy atom. The van der Waals surface area contributed by atoms with Crippen molar-refractivity contribution >= 4 is 27.0 Å². The molecule has 2 N–H and O–H groups in total. The lowest BCUT2D eigenvalue weighted by Gasteiger charge is -2.34. The van der Waals surface area contributed by atoms with Gasteiger partial charge in [-0.25, -0.2) is 13.4 Å². The summed E-state index contributed by atoms with van der Waals surface area (Å²) in [6.07, 6.45) is 3.58. The highest BCUT2D eigenvalue weighted by atomic mass is 32.2. The number of nitrogens with one attached hydrogen (secondary N) is 2. The molecular formula is C28H40N6O5S. The van der Waals surface area contributed by atoms with Crippen molar-refractivity contribution in [3.63, 3.8) is 0 Å². The number of amides is 1. The molecule has 1 fully saturated rings. The first-order chi connectivity index (χ1) is 18.8. The second kappa shape index (κ2) is 11.7. The van der Waals surface area contributed by atoms with E-state index in [9.17, 15) is 18.0 Å². The van der Waals surface area contributed by atoms with Gasteiger partial charge in [0.25, 0.3) is 5.56 Å². The summed E-state index contributed by atoms with van der Waals surface area (Å²) in [5, 5.41) is 2.94. The van der Waals surface area contributed by atoms with E-state index in [1.165, 1.54) is 16.4 Å². The van der Waals surface area contributed by atoms with Crippen LogP contribution in [-0.2, 0) is 28.3 Å². The Morgan fingerprint density at radius 3 is 2.48 bits per heavy atom. The predicted molar refractivity (Wildman–Crippen MR) is 155 cm³/mol. The van der Waals surface area contributed by atoms with Gasteiger partial charge in [0.05, 0.1) is 29.1 Å². The van der Waals surface area contributed by atoms with Crippen molar-refractivity contribution in [2.45, 2.75) is 57.9 Å². The van der Waals surface area contributed by atoms with Crippen molar-refractivity contribution in [3.8, 4) is 17.1 Å². The number of aromatic amines is 1. The topological polar surface area (TPSA) is 130 Å². The first kappa shape index (κ1) is 29.8. The molecule has 218 valence electrons. The fraction of sp³-hybridized carbons (Fsp3) is 0.536. The molecule has 4 rings (SSSR count). The van der Waals surface area contributed by atoms with E-state index >= 15 is 0 Å². The number of fused-ring (bicyclic) bond motifs is 1. The average molecular weight is 573 g/mol. The molecule has 1 aliphatic rings. The van der Waals surface area contributed by atoms with Crippen LogP contribution in [-0.4, -0.2) is 82.9 Å². The van der Waals surface area contributed by atoms with E-state index in [1.807, 2.05) is 45.8 Å². The molecular weight excluding hydrogens is 532 g/mol. The lowest BCUT2D eigenvalue weighted by molar-refractivity contribution is -0.123. The summed E-state index contributed by atoms with van der Waals surface area (Å²) in [5.74, 6) is 0.613. The Bertz CT molecular complexity index is 1550. The highest BCUT2D eigenvalue weighted by Gasteiger charge is 2.30. The molecule has 1 aliphatic heterocycles. The number of piperazine rings is 1. The van der Waals surface area contributed by atoms with E-state index in [4.69, 9.17) is 9.72 Å². The third kappa shape index (κ3) is 6.39. The molecule has 0 atom stereocenters. The maximum atomic E-state index is 13.7. The molecule has 0 radical (unpaired) electrons. The van der Waals surface area contributed by atoms with Crippen LogP contribution >= 0.6 is 0 Å². The number of H-pyrrole nitrogens is 1. The monoisotopic (exact) mass is 572 g/mol. The Kier molecular flexibility index (Phi) is 8.72. The van der Waals surface area contributed by atoms with Gasteiger partial charge in [-0.3, -0.25) is 14.5 Å². The molecule has 0 aliphatic carbocycles. The predicted octanol–water partition coefficient (Wildman–Crippen LogP) is 2.50. The van der Waals surface area contributed by atoms with Crippen LogP contribution in [0.3, 0.4) is 0 Å². The number of hydrogen-bond acceptors (Lipinski definition) is 7. The number of aromatic nitrogens is 3. The van der Waals surface area contributed by atoms with Gasteiger partial charge >= 0.3 is 0 Å². The maximum Gasteiger partial charge on any atom is 0.275 e. The molecule has 1 saturated heterocycles. The van der Waals surface area contributed by atoms with Crippen molar-refractivity contribution in [1.29, 1.82) is 0 Å². The standard InChI is InChI=1S/C28H40N6O5S/c1-7-9-19-17-32(6)25-24(19)29-26(30-27(25)36)21-16-20(10-11-22(21)39-8-2)40(37,38)34-14-12-33(13-15-34)18-23(35)31-28(3,4)5/h10-11,16-17H,7-9,12-15,18H2,1-6H3,(H,31,35)(H,29,30,36). The first-order valence-corrected chi connectivity index (χ1v) is 15.2. The number of carbonyl (C=O) groups excluding carboxylic acids is 1. The SMILES string of the molecule is CCCc1cn(C)c2c(=O)[nH]c(-c3cc(S(=O)(=O)N4CCN(CC(=O)NC(C)(C)C)CC4)ccc3OCC)nc12. The second-order valence-corrected chi connectivity index (χ2v) is 13.1. The number of sulfonamides is 1. The van der Waals surface area contributed by atoms with Crippen LogP contribution in [0, 0.1) is 0 Å². The Balaban J connectivity index is 1.63. The normalized spacial score (nSPS) is 15.4. The average Bonchev–Trinajstić information content (AvgIpc) is 3.19. The smallest absolute Gasteiger partial charge is 0.275 e. The summed E-state index contributed by atoms with van der Waals surface area (Å²) in [6, 6.07) is 4.66. The van der Waals surface area contributed by atoms with Gasteiger partial charge in [0.1, 0.15) is 17.1 Å². The number of nitrogens with zero attached hydrogens (tertiary/aromatic N) is 4. The van der Waals surface area contributed by atoms with Gasteiger partial charge in [-0.05, 0) is 57.9 Å². The zero-order valence-corrected chi connectivity index (χ0v) is 25.0. The highest BCUT2D eigenvalue weighted by molar-refractivity contribution is 7.89. The van der Waals surface area contributed by atoms with Crippen LogP contribution in [0.5, 0.6) is 5.75 Å². The highest BCUT2D eigenvalue weighted by Crippen LogP contribution is 2.32. The minimum Gasteiger partial charge on any atom is -0.493 e. The molecule has 1 amide bonds. The molecule has 1 aromatic carbocycles. The van der Waals surface area contributed by atoms with Gasteiger partial charge in [0.2, 0.25) is 15.9 Å². The molecule has 2 aromatic heterocycles. The van der Waals surface area contributed by atoms with E-state index in [1.54, 1.807) is 10.6 Å². The Hall–Kier alpha value is -3.22. The van der Waals surface area contributed by atoms with E-state index < -0.39 is 10.0 Å². The van der Waals surface area contributed by atoms with Crippen LogP contribution in [0.4, 0.5) is 0 Å². The zero-order chi connectivity index (χ0) is 29.2. The summed E-state index contributed by atoms with van der Waals surface area (Å²) in [5.41, 5.74) is 1.82. The minimum absolute atomic E-state index is 0.0843. The lowest BCUT2D eigenvalue weighted by Crippen LogP contribution is -2.52. The molecule has 40 heavy (non-hydrogen) atoms. The number of hydrogen-bond donors (Lipinski definition) is 2. The molecule has 0 bridgehead atoms. The molecule has 12 heteroatoms. The van der Waals surface area contributed by atoms with Crippen molar-refractivity contribution in [1.82, 2.24) is 29.1 Å². The quantitative estimate of drug-likeness (QED) is 0.403. The summed E-state index contributed by atoms with van der Waals surface area (Å²) in [7, 11) is -2.03. The molecule has 0 spiro atoms. The van der Waals surface area contributed by atoms with E-state index in [0.29, 0.717) is 42.0 Å². The third-order valence-corrected chi connectivity index (χ3v) is 8.67. The maximum absolute atomic E-state index is 13.7. The van der Waals surface area contributed by atoms with E-state index in [-0.39, 0.29) is 47.4 Å². The van der Waals surface area contributed by atoms with Gasteiger partial charge in [-0.1, -0.05) is 13.3 Å². The number of benzene rings is 1. The Labute approximate surface area is 235 Å². The van der Waals surface area contributed by atoms with Crippen molar-refractivity contribution in [2.24, 2.45) is 7.05 Å². The first-order valence-electron chi connectivity index (χ1n) is 13.7. The molecule has 3 heterocycles. The minimum atomic E-state index is -3.84. The summed E-state index contributed by atoms with van der Waals surface area (Å²) in [6.45, 7) is 11.7. The van der Waals surface area contributed by atoms with Crippen molar-refractivity contribution in [2.75, 3.05) is 39.3 Å². The van der Waals surface area contributed by atoms with Gasteiger partial charge in [-0.15, -0.1) is 0 Å². The van der Waals surface area contributed by atoms with Crippen LogP contribution in [0.2, 0.25) is 0 Å². The second-order valence-electron chi connectivity index (χ2n) is 11.2. The van der Waals surface area contributed by atoms with Gasteiger partial charge in [-0.2, -0.15) is 4.31 Å². The number of carbonyl (C=O) groups is 1. The van der Waals surface area contributed by atoms with Gasteiger partial charge in [0, 0.05) is 45.0 Å². The van der Waals surface area contributed by atoms with Crippen molar-refractivity contribution < 1.29 is 17.9 Å². The van der Waals surface area contributed by atoms with Crippen molar-refractivity contribution in [3.05, 3.63) is 40.3 Å². The molecule has 3 aromatic rings. The largest absolute Gasteiger partial charge is 0.493 e. The third-order valence-electron chi connectivity index (χ3n) is 6.78.